The van der Waals surface area contributed by atoms with Gasteiger partial charge in [0.2, 0.25) is 0 Å². The van der Waals surface area contributed by atoms with Gasteiger partial charge < -0.3 is 10.2 Å². The van der Waals surface area contributed by atoms with Gasteiger partial charge in [-0.05, 0) is 25.6 Å². The molecule has 1 fully saturated rings. The predicted octanol–water partition coefficient (Wildman–Crippen LogP) is 1.26. The Morgan fingerprint density at radius 2 is 2.39 bits per heavy atom. The number of nitrogens with one attached hydrogen (secondary N) is 1. The van der Waals surface area contributed by atoms with E-state index in [1.165, 1.54) is 6.07 Å². The van der Waals surface area contributed by atoms with Crippen molar-refractivity contribution in [2.24, 2.45) is 0 Å². The predicted molar refractivity (Wildman–Crippen MR) is 67.5 cm³/mol. The van der Waals surface area contributed by atoms with Crippen molar-refractivity contribution < 1.29 is 4.92 Å². The molecule has 6 nitrogen and oxygen atoms in total. The normalized spacial score (nSPS) is 18.7. The van der Waals surface area contributed by atoms with E-state index in [1.54, 1.807) is 12.1 Å². The summed E-state index contributed by atoms with van der Waals surface area (Å²) in [6.07, 6.45) is 1.04. The quantitative estimate of drug-likeness (QED) is 0.641. The van der Waals surface area contributed by atoms with E-state index in [1.807, 2.05) is 13.1 Å². The highest BCUT2D eigenvalue weighted by Gasteiger charge is 2.23. The molecular weight excluding hydrogens is 232 g/mol. The Labute approximate surface area is 105 Å². The van der Waals surface area contributed by atoms with Gasteiger partial charge in [-0.1, -0.05) is 0 Å². The second kappa shape index (κ2) is 5.02. The van der Waals surface area contributed by atoms with Gasteiger partial charge in [0.1, 0.15) is 11.6 Å². The zero-order valence-electron chi connectivity index (χ0n) is 10.1. The zero-order valence-corrected chi connectivity index (χ0v) is 10.1. The molecule has 1 aromatic rings. The molecule has 0 saturated carbocycles. The monoisotopic (exact) mass is 246 g/mol. The SMILES string of the molecule is CNC1CCN(c2ccc([N+](=O)[O-])c(C#N)c2)C1. The number of nitriles is 1. The smallest absolute Gasteiger partial charge is 0.287 e. The molecule has 0 bridgehead atoms. The highest BCUT2D eigenvalue weighted by Crippen LogP contribution is 2.26. The van der Waals surface area contributed by atoms with Gasteiger partial charge in [0.15, 0.2) is 0 Å². The first-order valence-corrected chi connectivity index (χ1v) is 5.76. The first-order chi connectivity index (χ1) is 8.65. The van der Waals surface area contributed by atoms with Crippen LogP contribution in [0.25, 0.3) is 0 Å². The number of nitrogens with zero attached hydrogens (tertiary/aromatic N) is 3. The number of nitro groups is 1. The van der Waals surface area contributed by atoms with Crippen LogP contribution in [0.3, 0.4) is 0 Å². The van der Waals surface area contributed by atoms with E-state index in [0.29, 0.717) is 6.04 Å². The summed E-state index contributed by atoms with van der Waals surface area (Å²) in [5.74, 6) is 0. The summed E-state index contributed by atoms with van der Waals surface area (Å²) in [6.45, 7) is 1.76. The van der Waals surface area contributed by atoms with E-state index >= 15 is 0 Å². The molecule has 1 aliphatic rings. The molecule has 1 aromatic carbocycles. The molecule has 0 amide bonds. The van der Waals surface area contributed by atoms with Crippen molar-refractivity contribution in [2.45, 2.75) is 12.5 Å². The van der Waals surface area contributed by atoms with Crippen LogP contribution in [0.1, 0.15) is 12.0 Å². The summed E-state index contributed by atoms with van der Waals surface area (Å²) in [5.41, 5.74) is 0.853. The highest BCUT2D eigenvalue weighted by atomic mass is 16.6. The molecular formula is C12H14N4O2. The summed E-state index contributed by atoms with van der Waals surface area (Å²) < 4.78 is 0. The topological polar surface area (TPSA) is 82.2 Å². The summed E-state index contributed by atoms with van der Waals surface area (Å²) in [7, 11) is 1.92. The van der Waals surface area contributed by atoms with Crippen molar-refractivity contribution in [1.29, 1.82) is 5.26 Å². The fourth-order valence-corrected chi connectivity index (χ4v) is 2.20. The van der Waals surface area contributed by atoms with E-state index in [9.17, 15) is 10.1 Å². The maximum absolute atomic E-state index is 10.7. The average molecular weight is 246 g/mol. The lowest BCUT2D eigenvalue weighted by Gasteiger charge is -2.18. The molecule has 1 aliphatic heterocycles. The largest absolute Gasteiger partial charge is 0.370 e. The van der Waals surface area contributed by atoms with Crippen molar-refractivity contribution in [3.05, 3.63) is 33.9 Å². The van der Waals surface area contributed by atoms with Crippen LogP contribution in [0.15, 0.2) is 18.2 Å². The minimum absolute atomic E-state index is 0.116. The molecule has 1 heterocycles. The van der Waals surface area contributed by atoms with Crippen molar-refractivity contribution in [3.63, 3.8) is 0 Å². The summed E-state index contributed by atoms with van der Waals surface area (Å²) >= 11 is 0. The average Bonchev–Trinajstić information content (AvgIpc) is 2.86. The van der Waals surface area contributed by atoms with Gasteiger partial charge in [-0.2, -0.15) is 5.26 Å². The molecule has 6 heteroatoms. The maximum Gasteiger partial charge on any atom is 0.287 e. The number of rotatable bonds is 3. The van der Waals surface area contributed by atoms with Gasteiger partial charge in [0.05, 0.1) is 4.92 Å². The molecule has 0 spiro atoms. The van der Waals surface area contributed by atoms with Crippen LogP contribution in [0, 0.1) is 21.4 Å². The first-order valence-electron chi connectivity index (χ1n) is 5.76. The third kappa shape index (κ3) is 2.26. The number of nitro benzene ring substituents is 1. The van der Waals surface area contributed by atoms with Crippen molar-refractivity contribution >= 4 is 11.4 Å². The lowest BCUT2D eigenvalue weighted by molar-refractivity contribution is -0.385. The van der Waals surface area contributed by atoms with Gasteiger partial charge in [-0.15, -0.1) is 0 Å². The van der Waals surface area contributed by atoms with E-state index in [-0.39, 0.29) is 11.3 Å². The maximum atomic E-state index is 10.7. The molecule has 1 N–H and O–H groups in total. The van der Waals surface area contributed by atoms with Crippen molar-refractivity contribution in [2.75, 3.05) is 25.0 Å². The molecule has 0 radical (unpaired) electrons. The summed E-state index contributed by atoms with van der Waals surface area (Å²) in [6, 6.07) is 7.02. The molecule has 0 aromatic heterocycles. The van der Waals surface area contributed by atoms with E-state index in [2.05, 4.69) is 10.2 Å². The number of hydrogen-bond acceptors (Lipinski definition) is 5. The van der Waals surface area contributed by atoms with Crippen LogP contribution >= 0.6 is 0 Å². The fraction of sp³-hybridized carbons (Fsp3) is 0.417. The minimum Gasteiger partial charge on any atom is -0.370 e. The second-order valence-electron chi connectivity index (χ2n) is 4.29. The van der Waals surface area contributed by atoms with Gasteiger partial charge in [-0.25, -0.2) is 0 Å². The Kier molecular flexibility index (Phi) is 3.44. The Bertz CT molecular complexity index is 509. The molecule has 1 saturated heterocycles. The van der Waals surface area contributed by atoms with Crippen molar-refractivity contribution in [3.8, 4) is 6.07 Å². The lowest BCUT2D eigenvalue weighted by atomic mass is 10.1. The highest BCUT2D eigenvalue weighted by molar-refractivity contribution is 5.60. The van der Waals surface area contributed by atoms with Gasteiger partial charge in [-0.3, -0.25) is 10.1 Å². The second-order valence-corrected chi connectivity index (χ2v) is 4.29. The van der Waals surface area contributed by atoms with Crippen LogP contribution in [-0.2, 0) is 0 Å². The van der Waals surface area contributed by atoms with Crippen LogP contribution in [0.4, 0.5) is 11.4 Å². The van der Waals surface area contributed by atoms with E-state index in [4.69, 9.17) is 5.26 Å². The zero-order chi connectivity index (χ0) is 13.1. The third-order valence-corrected chi connectivity index (χ3v) is 3.26. The van der Waals surface area contributed by atoms with E-state index in [0.717, 1.165) is 25.2 Å². The number of hydrogen-bond donors (Lipinski definition) is 1. The fourth-order valence-electron chi connectivity index (χ4n) is 2.20. The minimum atomic E-state index is -0.525. The van der Waals surface area contributed by atoms with Gasteiger partial charge >= 0.3 is 0 Å². The Morgan fingerprint density at radius 3 is 2.94 bits per heavy atom. The molecule has 1 atom stereocenters. The molecule has 94 valence electrons. The first kappa shape index (κ1) is 12.3. The standard InChI is InChI=1S/C12H14N4O2/c1-14-10-4-5-15(8-10)11-2-3-12(16(17)18)9(6-11)7-13/h2-3,6,10,14H,4-5,8H2,1H3. The van der Waals surface area contributed by atoms with Gasteiger partial charge in [0, 0.05) is 30.9 Å². The van der Waals surface area contributed by atoms with Crippen LogP contribution in [-0.4, -0.2) is 31.1 Å². The summed E-state index contributed by atoms with van der Waals surface area (Å²) in [4.78, 5) is 12.3. The number of anilines is 1. The summed E-state index contributed by atoms with van der Waals surface area (Å²) in [5, 5.41) is 22.9. The molecule has 2 rings (SSSR count). The Morgan fingerprint density at radius 1 is 1.61 bits per heavy atom. The van der Waals surface area contributed by atoms with Crippen LogP contribution < -0.4 is 10.2 Å². The molecule has 0 aliphatic carbocycles. The number of likely N-dealkylation sites (N-methyl/N-ethyl adjacent to an activating group) is 1. The van der Waals surface area contributed by atoms with E-state index < -0.39 is 4.92 Å². The Hall–Kier alpha value is -2.13. The van der Waals surface area contributed by atoms with Crippen LogP contribution in [0.5, 0.6) is 0 Å². The van der Waals surface area contributed by atoms with Gasteiger partial charge in [0.25, 0.3) is 5.69 Å². The number of benzene rings is 1. The molecule has 1 unspecified atom stereocenters. The van der Waals surface area contributed by atoms with Crippen molar-refractivity contribution in [1.82, 2.24) is 5.32 Å². The Balaban J connectivity index is 2.26. The lowest BCUT2D eigenvalue weighted by Crippen LogP contribution is -2.29. The van der Waals surface area contributed by atoms with Crippen LogP contribution in [0.2, 0.25) is 0 Å². The molecule has 18 heavy (non-hydrogen) atoms. The third-order valence-electron chi connectivity index (χ3n) is 3.26.